The third-order valence-corrected chi connectivity index (χ3v) is 6.67. The molecule has 1 fully saturated rings. The van der Waals surface area contributed by atoms with E-state index in [1.807, 2.05) is 39.8 Å². The van der Waals surface area contributed by atoms with Crippen molar-refractivity contribution in [1.29, 1.82) is 5.26 Å². The molecule has 0 spiro atoms. The molecule has 5 rings (SSSR count). The van der Waals surface area contributed by atoms with E-state index < -0.39 is 5.82 Å². The van der Waals surface area contributed by atoms with Crippen LogP contribution in [0.5, 0.6) is 0 Å². The minimum atomic E-state index is -0.530. The molecule has 6 nitrogen and oxygen atoms in total. The lowest BCUT2D eigenvalue weighted by Gasteiger charge is -2.21. The summed E-state index contributed by atoms with van der Waals surface area (Å²) in [7, 11) is 0. The van der Waals surface area contributed by atoms with Crippen LogP contribution in [0.25, 0.3) is 27.8 Å². The summed E-state index contributed by atoms with van der Waals surface area (Å²) in [5, 5.41) is 23.2. The molecule has 0 aliphatic heterocycles. The fourth-order valence-corrected chi connectivity index (χ4v) is 4.70. The van der Waals surface area contributed by atoms with Gasteiger partial charge in [0.15, 0.2) is 0 Å². The van der Waals surface area contributed by atoms with Gasteiger partial charge in [-0.05, 0) is 62.9 Å². The van der Waals surface area contributed by atoms with E-state index in [2.05, 4.69) is 30.3 Å². The zero-order valence-electron chi connectivity index (χ0n) is 19.6. The number of anilines is 1. The van der Waals surface area contributed by atoms with Crippen molar-refractivity contribution >= 4 is 16.7 Å². The van der Waals surface area contributed by atoms with Crippen molar-refractivity contribution in [1.82, 2.24) is 19.6 Å². The molecule has 0 atom stereocenters. The number of benzene rings is 2. The number of halogens is 1. The van der Waals surface area contributed by atoms with Crippen LogP contribution in [-0.4, -0.2) is 26.1 Å². The molecule has 4 aromatic rings. The average molecular weight is 457 g/mol. The van der Waals surface area contributed by atoms with Crippen LogP contribution in [-0.2, 0) is 0 Å². The summed E-state index contributed by atoms with van der Waals surface area (Å²) < 4.78 is 18.3. The second-order valence-corrected chi connectivity index (χ2v) is 9.46. The molecule has 7 heteroatoms. The molecule has 1 aliphatic carbocycles. The van der Waals surface area contributed by atoms with E-state index in [1.165, 1.54) is 44.2 Å². The highest BCUT2D eigenvalue weighted by atomic mass is 19.1. The molecule has 2 aromatic carbocycles. The Bertz CT molecular complexity index is 1350. The van der Waals surface area contributed by atoms with E-state index in [-0.39, 0.29) is 11.6 Å². The molecule has 174 valence electrons. The number of fused-ring (bicyclic) bond motifs is 1. The van der Waals surface area contributed by atoms with Crippen LogP contribution in [0.1, 0.15) is 57.6 Å². The van der Waals surface area contributed by atoms with Crippen LogP contribution in [0.15, 0.2) is 48.7 Å². The largest absolute Gasteiger partial charge is 0.368 e. The maximum absolute atomic E-state index is 14.5. The Hall–Kier alpha value is -3.66. The van der Waals surface area contributed by atoms with Crippen LogP contribution in [0.3, 0.4) is 0 Å². The highest BCUT2D eigenvalue weighted by molar-refractivity contribution is 5.81. The quantitative estimate of drug-likeness (QED) is 0.361. The van der Waals surface area contributed by atoms with Crippen LogP contribution in [0, 0.1) is 23.1 Å². The number of hydrogen-bond acceptors (Lipinski definition) is 4. The molecule has 0 amide bonds. The first-order valence-corrected chi connectivity index (χ1v) is 12.0. The van der Waals surface area contributed by atoms with Crippen LogP contribution >= 0.6 is 0 Å². The zero-order chi connectivity index (χ0) is 23.7. The van der Waals surface area contributed by atoms with Crippen molar-refractivity contribution in [2.75, 3.05) is 11.9 Å². The fourth-order valence-electron chi connectivity index (χ4n) is 4.70. The van der Waals surface area contributed by atoms with Gasteiger partial charge in [0.2, 0.25) is 0 Å². The number of nitrogens with one attached hydrogen (secondary N) is 1. The molecule has 0 unspecified atom stereocenters. The monoisotopic (exact) mass is 456 g/mol. The normalized spacial score (nSPS) is 14.6. The summed E-state index contributed by atoms with van der Waals surface area (Å²) in [5.41, 5.74) is 3.28. The molecular formula is C27H29FN6. The predicted octanol–water partition coefficient (Wildman–Crippen LogP) is 6.47. The lowest BCUT2D eigenvalue weighted by molar-refractivity contribution is 0.373. The van der Waals surface area contributed by atoms with Crippen molar-refractivity contribution in [3.63, 3.8) is 0 Å². The molecule has 0 bridgehead atoms. The van der Waals surface area contributed by atoms with Crippen LogP contribution in [0.4, 0.5) is 10.2 Å². The lowest BCUT2D eigenvalue weighted by atomic mass is 9.89. The van der Waals surface area contributed by atoms with Crippen molar-refractivity contribution in [2.45, 2.75) is 52.0 Å². The van der Waals surface area contributed by atoms with Gasteiger partial charge in [-0.2, -0.15) is 10.4 Å². The van der Waals surface area contributed by atoms with Gasteiger partial charge in [-0.15, -0.1) is 5.10 Å². The van der Waals surface area contributed by atoms with Crippen molar-refractivity contribution in [2.24, 2.45) is 5.92 Å². The first-order chi connectivity index (χ1) is 16.5. The Balaban J connectivity index is 1.54. The maximum Gasteiger partial charge on any atom is 0.149 e. The summed E-state index contributed by atoms with van der Waals surface area (Å²) in [6, 6.07) is 14.9. The van der Waals surface area contributed by atoms with Gasteiger partial charge >= 0.3 is 0 Å². The van der Waals surface area contributed by atoms with E-state index in [0.29, 0.717) is 11.5 Å². The van der Waals surface area contributed by atoms with Gasteiger partial charge in [-0.25, -0.2) is 9.07 Å². The van der Waals surface area contributed by atoms with Gasteiger partial charge in [0, 0.05) is 35.8 Å². The number of rotatable bonds is 6. The number of hydrogen-bond donors (Lipinski definition) is 1. The minimum absolute atomic E-state index is 0.0352. The standard InChI is InChI=1S/C27H29FN6/c1-18(2)33-17-22-12-23(10-11-25(22)31-33)34-26(20-8-9-21(15-29)24(28)13-20)14-27(32-34)30-16-19-6-4-3-5-7-19/h8-14,17-19H,3-7,16H2,1-2H3,(H,30,32). The summed E-state index contributed by atoms with van der Waals surface area (Å²) in [5.74, 6) is 0.898. The van der Waals surface area contributed by atoms with E-state index in [4.69, 9.17) is 10.4 Å². The Labute approximate surface area is 199 Å². The van der Waals surface area contributed by atoms with Crippen LogP contribution in [0.2, 0.25) is 0 Å². The number of nitrogens with zero attached hydrogens (tertiary/aromatic N) is 5. The number of nitriles is 1. The predicted molar refractivity (Wildman–Crippen MR) is 132 cm³/mol. The molecule has 1 aliphatic rings. The molecule has 1 saturated carbocycles. The second kappa shape index (κ2) is 9.30. The smallest absolute Gasteiger partial charge is 0.149 e. The molecule has 2 heterocycles. The zero-order valence-corrected chi connectivity index (χ0v) is 19.6. The van der Waals surface area contributed by atoms with E-state index in [1.54, 1.807) is 6.07 Å². The van der Waals surface area contributed by atoms with Gasteiger partial charge < -0.3 is 5.32 Å². The molecule has 2 aromatic heterocycles. The van der Waals surface area contributed by atoms with Gasteiger partial charge in [0.1, 0.15) is 17.7 Å². The van der Waals surface area contributed by atoms with Crippen LogP contribution < -0.4 is 5.32 Å². The topological polar surface area (TPSA) is 71.5 Å². The summed E-state index contributed by atoms with van der Waals surface area (Å²) >= 11 is 0. The van der Waals surface area contributed by atoms with Crippen molar-refractivity contribution in [3.8, 4) is 23.0 Å². The van der Waals surface area contributed by atoms with Gasteiger partial charge in [0.25, 0.3) is 0 Å². The molecule has 0 radical (unpaired) electrons. The Morgan fingerprint density at radius 1 is 1.09 bits per heavy atom. The fraction of sp³-hybridized carbons (Fsp3) is 0.370. The summed E-state index contributed by atoms with van der Waals surface area (Å²) in [6.07, 6.45) is 8.45. The second-order valence-electron chi connectivity index (χ2n) is 9.46. The van der Waals surface area contributed by atoms with E-state index >= 15 is 0 Å². The SMILES string of the molecule is CC(C)n1cc2cc(-n3nc(NCC4CCCCC4)cc3-c3ccc(C#N)c(F)c3)ccc2n1. The highest BCUT2D eigenvalue weighted by Gasteiger charge is 2.17. The summed E-state index contributed by atoms with van der Waals surface area (Å²) in [6.45, 7) is 5.09. The molecule has 1 N–H and O–H groups in total. The number of aromatic nitrogens is 4. The van der Waals surface area contributed by atoms with Crippen molar-refractivity contribution < 1.29 is 4.39 Å². The Kier molecular flexibility index (Phi) is 6.06. The summed E-state index contributed by atoms with van der Waals surface area (Å²) in [4.78, 5) is 0. The third kappa shape index (κ3) is 4.41. The third-order valence-electron chi connectivity index (χ3n) is 6.67. The highest BCUT2D eigenvalue weighted by Crippen LogP contribution is 2.30. The van der Waals surface area contributed by atoms with Crippen molar-refractivity contribution in [3.05, 3.63) is 60.0 Å². The maximum atomic E-state index is 14.5. The van der Waals surface area contributed by atoms with Gasteiger partial charge in [0.05, 0.1) is 22.5 Å². The molecule has 34 heavy (non-hydrogen) atoms. The Morgan fingerprint density at radius 3 is 2.65 bits per heavy atom. The minimum Gasteiger partial charge on any atom is -0.368 e. The molecule has 0 saturated heterocycles. The average Bonchev–Trinajstić information content (AvgIpc) is 3.47. The van der Waals surface area contributed by atoms with Gasteiger partial charge in [-0.1, -0.05) is 25.3 Å². The molecular weight excluding hydrogens is 427 g/mol. The lowest BCUT2D eigenvalue weighted by Crippen LogP contribution is -2.17. The first-order valence-electron chi connectivity index (χ1n) is 12.0. The van der Waals surface area contributed by atoms with Gasteiger partial charge in [-0.3, -0.25) is 4.68 Å². The Morgan fingerprint density at radius 2 is 1.91 bits per heavy atom. The van der Waals surface area contributed by atoms with E-state index in [0.717, 1.165) is 34.6 Å². The first kappa shape index (κ1) is 22.1. The van der Waals surface area contributed by atoms with E-state index in [9.17, 15) is 4.39 Å².